The molecule has 2 aromatic rings. The fourth-order valence-electron chi connectivity index (χ4n) is 4.48. The summed E-state index contributed by atoms with van der Waals surface area (Å²) in [5.74, 6) is -0.377. The standard InChI is InChI=1S/C25H27FN2O4/c1-16-3-6-20(14-22(16)26)28-15-19(13-23(28)29)25(31)27-11-9-18(10-12-27)24(30)17-4-7-21(32-2)8-5-17/h3-8,14,18-19H,9-13,15H2,1-2H3/t19-/m0/s1. The van der Waals surface area contributed by atoms with Crippen LogP contribution in [0.25, 0.3) is 0 Å². The number of rotatable bonds is 5. The number of aryl methyl sites for hydroxylation is 1. The highest BCUT2D eigenvalue weighted by Gasteiger charge is 2.38. The Bertz CT molecular complexity index is 1030. The second-order valence-electron chi connectivity index (χ2n) is 8.53. The second kappa shape index (κ2) is 9.10. The number of anilines is 1. The average molecular weight is 438 g/mol. The van der Waals surface area contributed by atoms with Gasteiger partial charge in [-0.05, 0) is 61.7 Å². The molecule has 0 aromatic heterocycles. The molecule has 2 aromatic carbocycles. The zero-order valence-corrected chi connectivity index (χ0v) is 18.3. The summed E-state index contributed by atoms with van der Waals surface area (Å²) < 4.78 is 19.1. The molecule has 2 amide bonds. The van der Waals surface area contributed by atoms with Crippen molar-refractivity contribution in [3.63, 3.8) is 0 Å². The molecule has 2 fully saturated rings. The number of carbonyl (C=O) groups excluding carboxylic acids is 3. The van der Waals surface area contributed by atoms with Crippen molar-refractivity contribution in [2.24, 2.45) is 11.8 Å². The predicted molar refractivity (Wildman–Crippen MR) is 118 cm³/mol. The van der Waals surface area contributed by atoms with Crippen LogP contribution in [0.1, 0.15) is 35.2 Å². The minimum absolute atomic E-state index is 0.0659. The third-order valence-electron chi connectivity index (χ3n) is 6.49. The first-order valence-electron chi connectivity index (χ1n) is 10.9. The number of hydrogen-bond acceptors (Lipinski definition) is 4. The highest BCUT2D eigenvalue weighted by Crippen LogP contribution is 2.30. The van der Waals surface area contributed by atoms with Crippen LogP contribution >= 0.6 is 0 Å². The summed E-state index contributed by atoms with van der Waals surface area (Å²) in [5.41, 5.74) is 1.65. The summed E-state index contributed by atoms with van der Waals surface area (Å²) in [7, 11) is 1.58. The number of ether oxygens (including phenoxy) is 1. The van der Waals surface area contributed by atoms with Gasteiger partial charge in [-0.25, -0.2) is 4.39 Å². The van der Waals surface area contributed by atoms with Crippen LogP contribution in [-0.2, 0) is 9.59 Å². The molecule has 168 valence electrons. The number of amides is 2. The van der Waals surface area contributed by atoms with Crippen LogP contribution in [0, 0.1) is 24.6 Å². The molecule has 7 heteroatoms. The van der Waals surface area contributed by atoms with Crippen molar-refractivity contribution in [2.45, 2.75) is 26.2 Å². The molecule has 0 unspecified atom stereocenters. The van der Waals surface area contributed by atoms with Crippen molar-refractivity contribution in [1.82, 2.24) is 4.90 Å². The summed E-state index contributed by atoms with van der Waals surface area (Å²) in [6.07, 6.45) is 1.33. The van der Waals surface area contributed by atoms with Crippen LogP contribution in [0.15, 0.2) is 42.5 Å². The van der Waals surface area contributed by atoms with Crippen molar-refractivity contribution >= 4 is 23.3 Å². The zero-order valence-electron chi connectivity index (χ0n) is 18.3. The Labute approximate surface area is 187 Å². The maximum atomic E-state index is 13.9. The van der Waals surface area contributed by atoms with E-state index < -0.39 is 5.92 Å². The first-order chi connectivity index (χ1) is 15.4. The minimum atomic E-state index is -0.444. The van der Waals surface area contributed by atoms with Gasteiger partial charge in [-0.15, -0.1) is 0 Å². The average Bonchev–Trinajstić information content (AvgIpc) is 3.21. The lowest BCUT2D eigenvalue weighted by molar-refractivity contribution is -0.137. The Kier molecular flexibility index (Phi) is 6.26. The molecule has 0 saturated carbocycles. The van der Waals surface area contributed by atoms with Crippen molar-refractivity contribution < 1.29 is 23.5 Å². The molecule has 2 aliphatic heterocycles. The van der Waals surface area contributed by atoms with Crippen molar-refractivity contribution in [1.29, 1.82) is 0 Å². The third kappa shape index (κ3) is 4.38. The van der Waals surface area contributed by atoms with E-state index in [0.717, 1.165) is 0 Å². The number of likely N-dealkylation sites (tertiary alicyclic amines) is 1. The van der Waals surface area contributed by atoms with Crippen LogP contribution in [0.3, 0.4) is 0 Å². The quantitative estimate of drug-likeness (QED) is 0.669. The highest BCUT2D eigenvalue weighted by atomic mass is 19.1. The largest absolute Gasteiger partial charge is 0.497 e. The summed E-state index contributed by atoms with van der Waals surface area (Å²) in [5, 5.41) is 0. The van der Waals surface area contributed by atoms with Crippen LogP contribution in [0.5, 0.6) is 5.75 Å². The van der Waals surface area contributed by atoms with E-state index in [1.54, 1.807) is 55.3 Å². The zero-order chi connectivity index (χ0) is 22.8. The summed E-state index contributed by atoms with van der Waals surface area (Å²) in [4.78, 5) is 41.6. The minimum Gasteiger partial charge on any atom is -0.497 e. The Morgan fingerprint density at radius 3 is 2.34 bits per heavy atom. The molecule has 0 N–H and O–H groups in total. The predicted octanol–water partition coefficient (Wildman–Crippen LogP) is 3.62. The van der Waals surface area contributed by atoms with Crippen molar-refractivity contribution in [3.8, 4) is 5.75 Å². The van der Waals surface area contributed by atoms with Crippen LogP contribution in [-0.4, -0.2) is 49.2 Å². The van der Waals surface area contributed by atoms with Gasteiger partial charge in [0.1, 0.15) is 11.6 Å². The number of carbonyl (C=O) groups is 3. The molecule has 32 heavy (non-hydrogen) atoms. The van der Waals surface area contributed by atoms with E-state index in [1.165, 1.54) is 11.0 Å². The number of benzene rings is 2. The number of nitrogens with zero attached hydrogens (tertiary/aromatic N) is 2. The molecule has 6 nitrogen and oxygen atoms in total. The molecule has 0 aliphatic carbocycles. The molecule has 0 radical (unpaired) electrons. The van der Waals surface area contributed by atoms with E-state index in [2.05, 4.69) is 0 Å². The third-order valence-corrected chi connectivity index (χ3v) is 6.49. The molecule has 2 saturated heterocycles. The lowest BCUT2D eigenvalue weighted by Crippen LogP contribution is -2.43. The van der Waals surface area contributed by atoms with Gasteiger partial charge in [-0.3, -0.25) is 14.4 Å². The molecule has 4 rings (SSSR count). The first-order valence-corrected chi connectivity index (χ1v) is 10.9. The lowest BCUT2D eigenvalue weighted by atomic mass is 9.88. The molecule has 2 heterocycles. The topological polar surface area (TPSA) is 66.9 Å². The fourth-order valence-corrected chi connectivity index (χ4v) is 4.48. The summed E-state index contributed by atoms with van der Waals surface area (Å²) >= 11 is 0. The summed E-state index contributed by atoms with van der Waals surface area (Å²) in [6, 6.07) is 11.8. The smallest absolute Gasteiger partial charge is 0.228 e. The molecular weight excluding hydrogens is 411 g/mol. The lowest BCUT2D eigenvalue weighted by Gasteiger charge is -2.33. The van der Waals surface area contributed by atoms with Crippen LogP contribution in [0.4, 0.5) is 10.1 Å². The number of ketones is 1. The van der Waals surface area contributed by atoms with Gasteiger partial charge in [0.2, 0.25) is 11.8 Å². The first kappa shape index (κ1) is 22.0. The van der Waals surface area contributed by atoms with E-state index in [-0.39, 0.29) is 42.3 Å². The van der Waals surface area contributed by atoms with Gasteiger partial charge in [0, 0.05) is 43.2 Å². The number of Topliss-reactive ketones (excluding diaryl/α,β-unsaturated/α-hetero) is 1. The second-order valence-corrected chi connectivity index (χ2v) is 8.53. The molecule has 0 spiro atoms. The number of methoxy groups -OCH3 is 1. The Morgan fingerprint density at radius 2 is 1.72 bits per heavy atom. The maximum absolute atomic E-state index is 13.9. The van der Waals surface area contributed by atoms with E-state index in [1.807, 2.05) is 0 Å². The van der Waals surface area contributed by atoms with Gasteiger partial charge in [-0.2, -0.15) is 0 Å². The van der Waals surface area contributed by atoms with Gasteiger partial charge >= 0.3 is 0 Å². The number of halogens is 1. The molecular formula is C25H27FN2O4. The SMILES string of the molecule is COc1ccc(C(=O)C2CCN(C(=O)[C@H]3CC(=O)N(c4ccc(C)c(F)c4)C3)CC2)cc1. The van der Waals surface area contributed by atoms with Gasteiger partial charge in [0.15, 0.2) is 5.78 Å². The van der Waals surface area contributed by atoms with Gasteiger partial charge in [0.05, 0.1) is 13.0 Å². The molecule has 1 atom stereocenters. The van der Waals surface area contributed by atoms with Gasteiger partial charge in [0.25, 0.3) is 0 Å². The van der Waals surface area contributed by atoms with Gasteiger partial charge < -0.3 is 14.5 Å². The Hall–Kier alpha value is -3.22. The van der Waals surface area contributed by atoms with Gasteiger partial charge in [-0.1, -0.05) is 6.07 Å². The molecule has 2 aliphatic rings. The molecule has 0 bridgehead atoms. The fraction of sp³-hybridized carbons (Fsp3) is 0.400. The number of hydrogen-bond donors (Lipinski definition) is 0. The monoisotopic (exact) mass is 438 g/mol. The highest BCUT2D eigenvalue weighted by molar-refractivity contribution is 6.00. The van der Waals surface area contributed by atoms with E-state index >= 15 is 0 Å². The van der Waals surface area contributed by atoms with Crippen molar-refractivity contribution in [2.75, 3.05) is 31.6 Å². The van der Waals surface area contributed by atoms with E-state index in [0.29, 0.717) is 48.5 Å². The van der Waals surface area contributed by atoms with E-state index in [4.69, 9.17) is 4.74 Å². The summed E-state index contributed by atoms with van der Waals surface area (Å²) in [6.45, 7) is 2.91. The number of piperidine rings is 1. The van der Waals surface area contributed by atoms with Crippen LogP contribution < -0.4 is 9.64 Å². The van der Waals surface area contributed by atoms with Crippen LogP contribution in [0.2, 0.25) is 0 Å². The Balaban J connectivity index is 1.34. The van der Waals surface area contributed by atoms with E-state index in [9.17, 15) is 18.8 Å². The van der Waals surface area contributed by atoms with Crippen molar-refractivity contribution in [3.05, 3.63) is 59.4 Å². The normalized spacial score (nSPS) is 19.3. The maximum Gasteiger partial charge on any atom is 0.228 e. The Morgan fingerprint density at radius 1 is 1.03 bits per heavy atom.